The standard InChI is InChI=1S/C34H37N7O4/c42-32(38-20-26-9-7-13-35-18-26)24-40-15-5-1-2-6-16-45-31-12-4-3-11-30(31)41(29-17-28(34(40)44)22-37-23-29)25-33(43)39-21-27-10-8-14-36-19-27/h3-4,7-14,17-19,22-23H,1-2,5-6,15-16,20-21,24-25H2,(H,38,42)(H,39,43). The lowest BCUT2D eigenvalue weighted by atomic mass is 10.1. The molecule has 232 valence electrons. The van der Waals surface area contributed by atoms with Crippen molar-refractivity contribution in [2.24, 2.45) is 0 Å². The van der Waals surface area contributed by atoms with E-state index in [2.05, 4.69) is 25.6 Å². The summed E-state index contributed by atoms with van der Waals surface area (Å²) < 4.78 is 6.20. The van der Waals surface area contributed by atoms with Gasteiger partial charge in [0.15, 0.2) is 0 Å². The number of rotatable bonds is 8. The molecule has 0 aliphatic carbocycles. The lowest BCUT2D eigenvalue weighted by Crippen LogP contribution is -2.41. The van der Waals surface area contributed by atoms with Crippen LogP contribution in [-0.4, -0.2) is 63.8 Å². The third-order valence-corrected chi connectivity index (χ3v) is 7.37. The van der Waals surface area contributed by atoms with Crippen LogP contribution in [0.1, 0.15) is 47.2 Å². The number of anilines is 2. The smallest absolute Gasteiger partial charge is 0.255 e. The van der Waals surface area contributed by atoms with Crippen LogP contribution in [0.5, 0.6) is 5.75 Å². The minimum absolute atomic E-state index is 0.0412. The molecule has 4 aromatic rings. The quantitative estimate of drug-likeness (QED) is 0.307. The molecule has 2 N–H and O–H groups in total. The molecule has 1 aliphatic heterocycles. The van der Waals surface area contributed by atoms with Crippen molar-refractivity contribution in [1.82, 2.24) is 30.5 Å². The number of ether oxygens (including phenoxy) is 1. The van der Waals surface area contributed by atoms with Crippen molar-refractivity contribution in [3.05, 3.63) is 108 Å². The van der Waals surface area contributed by atoms with Gasteiger partial charge in [0.2, 0.25) is 11.8 Å². The number of para-hydroxylation sites is 2. The Kier molecular flexibility index (Phi) is 11.0. The Balaban J connectivity index is 1.39. The van der Waals surface area contributed by atoms with Crippen molar-refractivity contribution < 1.29 is 19.1 Å². The number of pyridine rings is 3. The maximum Gasteiger partial charge on any atom is 0.255 e. The zero-order chi connectivity index (χ0) is 31.3. The molecule has 0 radical (unpaired) electrons. The molecular formula is C34H37N7O4. The average molecular weight is 608 g/mol. The first kappa shape index (κ1) is 31.1. The molecule has 0 saturated carbocycles. The van der Waals surface area contributed by atoms with Gasteiger partial charge in [-0.1, -0.05) is 37.1 Å². The highest BCUT2D eigenvalue weighted by molar-refractivity contribution is 5.97. The van der Waals surface area contributed by atoms with Gasteiger partial charge in [-0.15, -0.1) is 0 Å². The lowest BCUT2D eigenvalue weighted by Gasteiger charge is -2.27. The Bertz CT molecular complexity index is 1570. The van der Waals surface area contributed by atoms with Gasteiger partial charge in [-0.2, -0.15) is 0 Å². The summed E-state index contributed by atoms with van der Waals surface area (Å²) in [7, 11) is 0. The van der Waals surface area contributed by atoms with Crippen LogP contribution in [0.15, 0.2) is 91.8 Å². The van der Waals surface area contributed by atoms with E-state index in [4.69, 9.17) is 4.74 Å². The van der Waals surface area contributed by atoms with Crippen molar-refractivity contribution in [2.75, 3.05) is 31.1 Å². The minimum Gasteiger partial charge on any atom is -0.491 e. The Morgan fingerprint density at radius 1 is 0.756 bits per heavy atom. The van der Waals surface area contributed by atoms with Gasteiger partial charge < -0.3 is 25.2 Å². The summed E-state index contributed by atoms with van der Waals surface area (Å²) in [6.45, 7) is 1.45. The molecule has 4 heterocycles. The molecular weight excluding hydrogens is 570 g/mol. The van der Waals surface area contributed by atoms with Crippen molar-refractivity contribution in [1.29, 1.82) is 0 Å². The molecule has 0 unspecified atom stereocenters. The number of hydrogen-bond donors (Lipinski definition) is 2. The number of hydrogen-bond acceptors (Lipinski definition) is 8. The summed E-state index contributed by atoms with van der Waals surface area (Å²) in [5, 5.41) is 5.84. The summed E-state index contributed by atoms with van der Waals surface area (Å²) in [6, 6.07) is 16.6. The van der Waals surface area contributed by atoms with Gasteiger partial charge in [-0.25, -0.2) is 0 Å². The molecule has 45 heavy (non-hydrogen) atoms. The average Bonchev–Trinajstić information content (AvgIpc) is 3.08. The van der Waals surface area contributed by atoms with E-state index in [-0.39, 0.29) is 30.8 Å². The van der Waals surface area contributed by atoms with Crippen molar-refractivity contribution in [3.8, 4) is 5.75 Å². The van der Waals surface area contributed by atoms with Crippen LogP contribution in [0.4, 0.5) is 11.4 Å². The SMILES string of the molecule is O=C(CN1CCCCCCOc2ccccc2N(CC(=O)NCc2cccnc2)c2cncc(c2)C1=O)NCc1cccnc1. The van der Waals surface area contributed by atoms with E-state index in [1.165, 1.54) is 6.20 Å². The fraction of sp³-hybridized carbons (Fsp3) is 0.294. The second-order valence-corrected chi connectivity index (χ2v) is 10.8. The Labute approximate surface area is 262 Å². The first-order valence-corrected chi connectivity index (χ1v) is 15.1. The molecule has 3 aromatic heterocycles. The molecule has 11 heteroatoms. The van der Waals surface area contributed by atoms with Crippen LogP contribution in [-0.2, 0) is 22.7 Å². The first-order valence-electron chi connectivity index (χ1n) is 15.1. The number of benzene rings is 1. The van der Waals surface area contributed by atoms with Gasteiger partial charge in [-0.3, -0.25) is 29.3 Å². The third-order valence-electron chi connectivity index (χ3n) is 7.37. The van der Waals surface area contributed by atoms with E-state index in [0.29, 0.717) is 48.9 Å². The second kappa shape index (κ2) is 15.9. The van der Waals surface area contributed by atoms with Crippen LogP contribution in [0.3, 0.4) is 0 Å². The summed E-state index contributed by atoms with van der Waals surface area (Å²) in [6.07, 6.45) is 13.2. The van der Waals surface area contributed by atoms with Crippen LogP contribution in [0.2, 0.25) is 0 Å². The molecule has 1 aliphatic rings. The topological polar surface area (TPSA) is 130 Å². The Morgan fingerprint density at radius 2 is 1.44 bits per heavy atom. The second-order valence-electron chi connectivity index (χ2n) is 10.8. The number of fused-ring (bicyclic) bond motifs is 3. The number of carbonyl (C=O) groups excluding carboxylic acids is 3. The summed E-state index contributed by atoms with van der Waals surface area (Å²) >= 11 is 0. The van der Waals surface area contributed by atoms with E-state index in [1.807, 2.05) is 48.5 Å². The summed E-state index contributed by atoms with van der Waals surface area (Å²) in [5.74, 6) is -0.156. The third kappa shape index (κ3) is 9.09. The van der Waals surface area contributed by atoms with Crippen LogP contribution in [0, 0.1) is 0 Å². The summed E-state index contributed by atoms with van der Waals surface area (Å²) in [5.41, 5.74) is 3.30. The van der Waals surface area contributed by atoms with E-state index in [9.17, 15) is 14.4 Å². The van der Waals surface area contributed by atoms with Gasteiger partial charge in [0.05, 0.1) is 36.3 Å². The molecule has 0 fully saturated rings. The molecule has 11 nitrogen and oxygen atoms in total. The normalized spacial score (nSPS) is 13.9. The van der Waals surface area contributed by atoms with E-state index in [0.717, 1.165) is 36.8 Å². The maximum atomic E-state index is 13.9. The monoisotopic (exact) mass is 607 g/mol. The van der Waals surface area contributed by atoms with Crippen molar-refractivity contribution >= 4 is 29.1 Å². The molecule has 0 spiro atoms. The van der Waals surface area contributed by atoms with Crippen LogP contribution in [0.25, 0.3) is 0 Å². The highest BCUT2D eigenvalue weighted by Crippen LogP contribution is 2.34. The maximum absolute atomic E-state index is 13.9. The predicted molar refractivity (Wildman–Crippen MR) is 170 cm³/mol. The number of amides is 3. The summed E-state index contributed by atoms with van der Waals surface area (Å²) in [4.78, 5) is 56.0. The van der Waals surface area contributed by atoms with Gasteiger partial charge >= 0.3 is 0 Å². The fourth-order valence-electron chi connectivity index (χ4n) is 5.02. The van der Waals surface area contributed by atoms with Gasteiger partial charge in [0.25, 0.3) is 5.91 Å². The molecule has 5 rings (SSSR count). The number of carbonyl (C=O) groups is 3. The number of aromatic nitrogens is 3. The van der Waals surface area contributed by atoms with Gasteiger partial charge in [0, 0.05) is 50.6 Å². The van der Waals surface area contributed by atoms with Gasteiger partial charge in [0.1, 0.15) is 12.3 Å². The largest absolute Gasteiger partial charge is 0.491 e. The Morgan fingerprint density at radius 3 is 2.16 bits per heavy atom. The van der Waals surface area contributed by atoms with Crippen molar-refractivity contribution in [2.45, 2.75) is 38.8 Å². The fourth-order valence-corrected chi connectivity index (χ4v) is 5.02. The first-order chi connectivity index (χ1) is 22.1. The highest BCUT2D eigenvalue weighted by atomic mass is 16.5. The van der Waals surface area contributed by atoms with Crippen LogP contribution < -0.4 is 20.3 Å². The van der Waals surface area contributed by atoms with E-state index in [1.54, 1.807) is 46.9 Å². The van der Waals surface area contributed by atoms with Crippen molar-refractivity contribution in [3.63, 3.8) is 0 Å². The molecule has 2 bridgehead atoms. The lowest BCUT2D eigenvalue weighted by molar-refractivity contribution is -0.122. The van der Waals surface area contributed by atoms with E-state index < -0.39 is 0 Å². The molecule has 1 aromatic carbocycles. The predicted octanol–water partition coefficient (Wildman–Crippen LogP) is 4.04. The Hall–Kier alpha value is -5.32. The number of nitrogens with zero attached hydrogens (tertiary/aromatic N) is 5. The minimum atomic E-state index is -0.304. The molecule has 0 atom stereocenters. The van der Waals surface area contributed by atoms with E-state index >= 15 is 0 Å². The zero-order valence-corrected chi connectivity index (χ0v) is 25.1. The highest BCUT2D eigenvalue weighted by Gasteiger charge is 2.23. The molecule has 0 saturated heterocycles. The number of nitrogens with one attached hydrogen (secondary N) is 2. The van der Waals surface area contributed by atoms with Gasteiger partial charge in [-0.05, 0) is 54.3 Å². The zero-order valence-electron chi connectivity index (χ0n) is 25.1. The molecule has 3 amide bonds. The van der Waals surface area contributed by atoms with Crippen LogP contribution >= 0.6 is 0 Å².